The summed E-state index contributed by atoms with van der Waals surface area (Å²) in [5.41, 5.74) is 0. The first kappa shape index (κ1) is 12.9. The smallest absolute Gasteiger partial charge is 0.0542 e. The van der Waals surface area contributed by atoms with Gasteiger partial charge in [-0.15, -0.1) is 45.3 Å². The molecule has 4 heteroatoms. The molecule has 0 radical (unpaired) electrons. The summed E-state index contributed by atoms with van der Waals surface area (Å²) in [4.78, 5) is 1.40. The summed E-state index contributed by atoms with van der Waals surface area (Å²) >= 11 is 7.67. The SMILES string of the molecule is Cc1cc2c(ccc3c2sc2c4ccc5sccc5c4sc32)s1. The Morgan fingerprint density at radius 2 is 1.30 bits per heavy atom. The molecule has 0 aliphatic carbocycles. The maximum Gasteiger partial charge on any atom is 0.0542 e. The van der Waals surface area contributed by atoms with E-state index in [1.165, 1.54) is 54.6 Å². The summed E-state index contributed by atoms with van der Waals surface area (Å²) < 4.78 is 8.64. The van der Waals surface area contributed by atoms with Crippen LogP contribution in [0.2, 0.25) is 0 Å². The fraction of sp³-hybridized carbons (Fsp3) is 0.0526. The zero-order valence-corrected chi connectivity index (χ0v) is 15.4. The number of fused-ring (bicyclic) bond motifs is 9. The number of hydrogen-bond donors (Lipinski definition) is 0. The van der Waals surface area contributed by atoms with Crippen molar-refractivity contribution in [3.05, 3.63) is 46.7 Å². The van der Waals surface area contributed by atoms with Crippen molar-refractivity contribution in [2.75, 3.05) is 0 Å². The van der Waals surface area contributed by atoms with Gasteiger partial charge in [-0.05, 0) is 36.6 Å². The Labute approximate surface area is 148 Å². The molecular weight excluding hydrogens is 356 g/mol. The number of rotatable bonds is 0. The van der Waals surface area contributed by atoms with Gasteiger partial charge in [-0.3, -0.25) is 0 Å². The van der Waals surface area contributed by atoms with Gasteiger partial charge in [0.1, 0.15) is 0 Å². The average Bonchev–Trinajstić information content (AvgIpc) is 3.25. The third-order valence-electron chi connectivity index (χ3n) is 4.46. The first-order valence-corrected chi connectivity index (χ1v) is 10.8. The second-order valence-corrected chi connectivity index (χ2v) is 10.1. The van der Waals surface area contributed by atoms with Crippen LogP contribution in [0.3, 0.4) is 0 Å². The maximum atomic E-state index is 2.35. The fourth-order valence-electron chi connectivity index (χ4n) is 3.46. The van der Waals surface area contributed by atoms with Crippen molar-refractivity contribution in [3.8, 4) is 0 Å². The molecule has 6 rings (SSSR count). The Kier molecular flexibility index (Phi) is 2.43. The van der Waals surface area contributed by atoms with E-state index < -0.39 is 0 Å². The van der Waals surface area contributed by atoms with Crippen LogP contribution < -0.4 is 0 Å². The van der Waals surface area contributed by atoms with Gasteiger partial charge in [0.15, 0.2) is 0 Å². The highest BCUT2D eigenvalue weighted by Crippen LogP contribution is 2.49. The molecule has 4 aromatic heterocycles. The zero-order chi connectivity index (χ0) is 15.1. The molecule has 0 bridgehead atoms. The van der Waals surface area contributed by atoms with Crippen molar-refractivity contribution in [1.29, 1.82) is 0 Å². The van der Waals surface area contributed by atoms with Gasteiger partial charge in [0.25, 0.3) is 0 Å². The molecule has 0 aliphatic heterocycles. The predicted molar refractivity (Wildman–Crippen MR) is 110 cm³/mol. The van der Waals surface area contributed by atoms with Gasteiger partial charge in [0.2, 0.25) is 0 Å². The van der Waals surface area contributed by atoms with Crippen molar-refractivity contribution in [1.82, 2.24) is 0 Å². The van der Waals surface area contributed by atoms with Crippen LogP contribution in [-0.4, -0.2) is 0 Å². The molecule has 0 saturated carbocycles. The summed E-state index contributed by atoms with van der Waals surface area (Å²) in [6.07, 6.45) is 0. The van der Waals surface area contributed by atoms with E-state index in [0.29, 0.717) is 0 Å². The summed E-state index contributed by atoms with van der Waals surface area (Å²) in [7, 11) is 0. The van der Waals surface area contributed by atoms with E-state index in [2.05, 4.69) is 48.7 Å². The van der Waals surface area contributed by atoms with Crippen LogP contribution in [0.4, 0.5) is 0 Å². The topological polar surface area (TPSA) is 0 Å². The highest BCUT2D eigenvalue weighted by molar-refractivity contribution is 7.37. The van der Waals surface area contributed by atoms with Gasteiger partial charge >= 0.3 is 0 Å². The molecule has 0 nitrogen and oxygen atoms in total. The summed E-state index contributed by atoms with van der Waals surface area (Å²) in [5, 5.41) is 7.91. The van der Waals surface area contributed by atoms with Crippen molar-refractivity contribution in [2.24, 2.45) is 0 Å². The van der Waals surface area contributed by atoms with Crippen LogP contribution in [0.1, 0.15) is 4.88 Å². The molecule has 0 atom stereocenters. The maximum absolute atomic E-state index is 2.35. The standard InChI is InChI=1S/C19H10S4/c1-9-8-13-15(21-9)5-3-12-17(13)23-18-11-2-4-14-10(6-7-20-14)16(11)22-19(12)18/h2-8H,1H3. The fourth-order valence-corrected chi connectivity index (χ4v) is 8.19. The summed E-state index contributed by atoms with van der Waals surface area (Å²) in [5.74, 6) is 0. The van der Waals surface area contributed by atoms with Crippen LogP contribution in [0.15, 0.2) is 41.8 Å². The molecule has 0 spiro atoms. The molecule has 0 aliphatic rings. The highest BCUT2D eigenvalue weighted by atomic mass is 32.1. The Bertz CT molecular complexity index is 1370. The second-order valence-electron chi connectivity index (χ2n) is 5.85. The third kappa shape index (κ3) is 1.59. The molecule has 6 aromatic rings. The van der Waals surface area contributed by atoms with Crippen LogP contribution in [-0.2, 0) is 0 Å². The minimum atomic E-state index is 1.39. The van der Waals surface area contributed by atoms with Crippen LogP contribution in [0, 0.1) is 6.92 Å². The second kappa shape index (κ2) is 4.33. The Morgan fingerprint density at radius 1 is 0.609 bits per heavy atom. The summed E-state index contributed by atoms with van der Waals surface area (Å²) in [6, 6.07) is 13.8. The van der Waals surface area contributed by atoms with E-state index in [-0.39, 0.29) is 0 Å². The van der Waals surface area contributed by atoms with Gasteiger partial charge in [-0.25, -0.2) is 0 Å². The van der Waals surface area contributed by atoms with Gasteiger partial charge < -0.3 is 0 Å². The molecule has 0 fully saturated rings. The predicted octanol–water partition coefficient (Wildman–Crippen LogP) is 8.01. The largest absolute Gasteiger partial charge is 0.144 e. The van der Waals surface area contributed by atoms with E-state index >= 15 is 0 Å². The highest BCUT2D eigenvalue weighted by Gasteiger charge is 2.16. The number of hydrogen-bond acceptors (Lipinski definition) is 4. The lowest BCUT2D eigenvalue weighted by Gasteiger charge is -1.94. The van der Waals surface area contributed by atoms with Crippen LogP contribution >= 0.6 is 45.3 Å². The lowest BCUT2D eigenvalue weighted by atomic mass is 10.2. The molecule has 4 heterocycles. The van der Waals surface area contributed by atoms with E-state index in [9.17, 15) is 0 Å². The molecule has 0 amide bonds. The number of benzene rings is 2. The van der Waals surface area contributed by atoms with Gasteiger partial charge in [0.05, 0.1) is 9.40 Å². The van der Waals surface area contributed by atoms with Crippen molar-refractivity contribution in [3.63, 3.8) is 0 Å². The first-order valence-electron chi connectivity index (χ1n) is 7.44. The monoisotopic (exact) mass is 366 g/mol. The van der Waals surface area contributed by atoms with E-state index in [1.807, 2.05) is 45.3 Å². The van der Waals surface area contributed by atoms with Crippen LogP contribution in [0.25, 0.3) is 49.7 Å². The lowest BCUT2D eigenvalue weighted by molar-refractivity contribution is 1.66. The molecule has 0 N–H and O–H groups in total. The van der Waals surface area contributed by atoms with Gasteiger partial charge in [-0.1, -0.05) is 12.1 Å². The van der Waals surface area contributed by atoms with Crippen LogP contribution in [0.5, 0.6) is 0 Å². The molecular formula is C19H10S4. The Morgan fingerprint density at radius 3 is 2.09 bits per heavy atom. The minimum absolute atomic E-state index is 1.39. The van der Waals surface area contributed by atoms with E-state index in [1.54, 1.807) is 0 Å². The summed E-state index contributed by atoms with van der Waals surface area (Å²) in [6.45, 7) is 2.20. The van der Waals surface area contributed by atoms with Crippen molar-refractivity contribution < 1.29 is 0 Å². The molecule has 2 aromatic carbocycles. The molecule has 0 unspecified atom stereocenters. The molecule has 23 heavy (non-hydrogen) atoms. The lowest BCUT2D eigenvalue weighted by Crippen LogP contribution is -1.64. The Hall–Kier alpha value is -1.46. The third-order valence-corrected chi connectivity index (χ3v) is 9.04. The number of thiophene rings is 4. The Balaban J connectivity index is 1.88. The van der Waals surface area contributed by atoms with E-state index in [0.717, 1.165) is 0 Å². The van der Waals surface area contributed by atoms with Gasteiger partial charge in [0, 0.05) is 45.2 Å². The average molecular weight is 367 g/mol. The normalized spacial score (nSPS) is 12.6. The van der Waals surface area contributed by atoms with Gasteiger partial charge in [-0.2, -0.15) is 0 Å². The zero-order valence-electron chi connectivity index (χ0n) is 12.2. The van der Waals surface area contributed by atoms with Crippen molar-refractivity contribution >= 4 is 95.1 Å². The van der Waals surface area contributed by atoms with E-state index in [4.69, 9.17) is 0 Å². The molecule has 0 saturated heterocycles. The van der Waals surface area contributed by atoms with Crippen molar-refractivity contribution in [2.45, 2.75) is 6.92 Å². The molecule has 110 valence electrons. The first-order chi connectivity index (χ1) is 11.3. The quantitative estimate of drug-likeness (QED) is 0.255. The minimum Gasteiger partial charge on any atom is -0.144 e. The number of aryl methyl sites for hydroxylation is 1.